The number of hydrogen-bond donors (Lipinski definition) is 1. The summed E-state index contributed by atoms with van der Waals surface area (Å²) in [5.74, 6) is 0.568. The number of rotatable bonds is 3. The van der Waals surface area contributed by atoms with Crippen molar-refractivity contribution >= 4 is 15.9 Å². The zero-order chi connectivity index (χ0) is 10.2. The van der Waals surface area contributed by atoms with Gasteiger partial charge in [0, 0.05) is 15.9 Å². The van der Waals surface area contributed by atoms with Crippen LogP contribution in [0.1, 0.15) is 37.7 Å². The molecule has 2 rings (SSSR count). The minimum Gasteiger partial charge on any atom is -0.325 e. The molecule has 1 aromatic carbocycles. The van der Waals surface area contributed by atoms with Gasteiger partial charge >= 0.3 is 0 Å². The molecule has 0 bridgehead atoms. The summed E-state index contributed by atoms with van der Waals surface area (Å²) in [6.45, 7) is 2.20. The molecule has 0 radical (unpaired) electrons. The molecule has 14 heavy (non-hydrogen) atoms. The normalized spacial score (nSPS) is 30.4. The van der Waals surface area contributed by atoms with E-state index >= 15 is 0 Å². The van der Waals surface area contributed by atoms with Crippen LogP contribution in [0.2, 0.25) is 0 Å². The van der Waals surface area contributed by atoms with Crippen molar-refractivity contribution in [2.45, 2.75) is 37.6 Å². The lowest BCUT2D eigenvalue weighted by Crippen LogP contribution is -2.23. The van der Waals surface area contributed by atoms with Gasteiger partial charge in [-0.1, -0.05) is 47.5 Å². The van der Waals surface area contributed by atoms with Crippen molar-refractivity contribution in [3.8, 4) is 0 Å². The summed E-state index contributed by atoms with van der Waals surface area (Å²) < 4.78 is 1.20. The molecule has 0 heterocycles. The molecule has 2 unspecified atom stereocenters. The highest BCUT2D eigenvalue weighted by Gasteiger charge is 2.51. The molecular formula is C12H16BrN. The molecule has 2 heteroatoms. The molecule has 2 atom stereocenters. The predicted octanol–water partition coefficient (Wildman–Crippen LogP) is 3.43. The van der Waals surface area contributed by atoms with Crippen LogP contribution in [-0.4, -0.2) is 5.54 Å². The van der Waals surface area contributed by atoms with E-state index in [1.165, 1.54) is 16.5 Å². The summed E-state index contributed by atoms with van der Waals surface area (Å²) in [7, 11) is 0. The number of hydrogen-bond acceptors (Lipinski definition) is 1. The summed E-state index contributed by atoms with van der Waals surface area (Å²) in [6, 6.07) is 8.41. The lowest BCUT2D eigenvalue weighted by molar-refractivity contribution is 0.578. The molecule has 1 aromatic rings. The maximum absolute atomic E-state index is 6.28. The molecule has 2 N–H and O–H groups in total. The molecule has 1 saturated carbocycles. The summed E-state index contributed by atoms with van der Waals surface area (Å²) >= 11 is 3.58. The average molecular weight is 254 g/mol. The van der Waals surface area contributed by atoms with Gasteiger partial charge in [-0.2, -0.15) is 0 Å². The first-order chi connectivity index (χ1) is 6.67. The Bertz CT molecular complexity index is 337. The van der Waals surface area contributed by atoms with Crippen LogP contribution < -0.4 is 5.73 Å². The van der Waals surface area contributed by atoms with Crippen molar-refractivity contribution < 1.29 is 0 Å². The van der Waals surface area contributed by atoms with E-state index in [0.29, 0.717) is 5.92 Å². The van der Waals surface area contributed by atoms with Crippen molar-refractivity contribution in [1.29, 1.82) is 0 Å². The predicted molar refractivity (Wildman–Crippen MR) is 63.3 cm³/mol. The summed E-state index contributed by atoms with van der Waals surface area (Å²) in [4.78, 5) is 0. The van der Waals surface area contributed by atoms with Crippen LogP contribution in [-0.2, 0) is 0 Å². The van der Waals surface area contributed by atoms with Gasteiger partial charge in [0.1, 0.15) is 0 Å². The van der Waals surface area contributed by atoms with Gasteiger partial charge in [0.2, 0.25) is 0 Å². The zero-order valence-corrected chi connectivity index (χ0v) is 10.0. The molecule has 76 valence electrons. The second kappa shape index (κ2) is 3.67. The van der Waals surface area contributed by atoms with Gasteiger partial charge < -0.3 is 5.73 Å². The Kier molecular flexibility index (Phi) is 2.67. The Morgan fingerprint density at radius 3 is 2.86 bits per heavy atom. The van der Waals surface area contributed by atoms with Crippen molar-refractivity contribution in [1.82, 2.24) is 0 Å². The van der Waals surface area contributed by atoms with Gasteiger partial charge in [0.25, 0.3) is 0 Å². The molecule has 1 aliphatic rings. The number of halogens is 1. The topological polar surface area (TPSA) is 26.0 Å². The smallest absolute Gasteiger partial charge is 0.0231 e. The Morgan fingerprint density at radius 1 is 1.50 bits per heavy atom. The number of nitrogens with two attached hydrogens (primary N) is 1. The van der Waals surface area contributed by atoms with Crippen LogP contribution in [0.4, 0.5) is 0 Å². The van der Waals surface area contributed by atoms with E-state index in [1.807, 2.05) is 6.07 Å². The van der Waals surface area contributed by atoms with Crippen molar-refractivity contribution in [2.75, 3.05) is 0 Å². The first-order valence-electron chi connectivity index (χ1n) is 5.20. The van der Waals surface area contributed by atoms with Crippen LogP contribution in [0, 0.1) is 0 Å². The van der Waals surface area contributed by atoms with Crippen molar-refractivity contribution in [3.05, 3.63) is 34.3 Å². The number of benzene rings is 1. The largest absolute Gasteiger partial charge is 0.325 e. The third kappa shape index (κ3) is 1.73. The maximum atomic E-state index is 6.28. The van der Waals surface area contributed by atoms with Crippen LogP contribution in [0.25, 0.3) is 0 Å². The quantitative estimate of drug-likeness (QED) is 0.878. The van der Waals surface area contributed by atoms with E-state index in [4.69, 9.17) is 5.73 Å². The summed E-state index contributed by atoms with van der Waals surface area (Å²) in [5.41, 5.74) is 7.74. The minimum atomic E-state index is 0.0820. The Balaban J connectivity index is 2.16. The highest BCUT2D eigenvalue weighted by atomic mass is 79.9. The minimum absolute atomic E-state index is 0.0820. The van der Waals surface area contributed by atoms with Gasteiger partial charge in [-0.15, -0.1) is 0 Å². The third-order valence-electron chi connectivity index (χ3n) is 3.11. The fourth-order valence-electron chi connectivity index (χ4n) is 2.24. The molecule has 0 aliphatic heterocycles. The second-order valence-corrected chi connectivity index (χ2v) is 5.12. The van der Waals surface area contributed by atoms with E-state index in [2.05, 4.69) is 41.1 Å². The van der Waals surface area contributed by atoms with Gasteiger partial charge in [-0.25, -0.2) is 0 Å². The van der Waals surface area contributed by atoms with Crippen LogP contribution in [0.5, 0.6) is 0 Å². The van der Waals surface area contributed by atoms with E-state index < -0.39 is 0 Å². The first kappa shape index (κ1) is 10.2. The molecule has 0 saturated heterocycles. The molecular weight excluding hydrogens is 238 g/mol. The second-order valence-electron chi connectivity index (χ2n) is 4.26. The Hall–Kier alpha value is -0.340. The lowest BCUT2D eigenvalue weighted by Gasteiger charge is -2.10. The molecule has 0 spiro atoms. The van der Waals surface area contributed by atoms with Crippen molar-refractivity contribution in [2.24, 2.45) is 5.73 Å². The lowest BCUT2D eigenvalue weighted by atomic mass is 10.0. The monoisotopic (exact) mass is 253 g/mol. The van der Waals surface area contributed by atoms with Gasteiger partial charge in [0.15, 0.2) is 0 Å². The Labute approximate surface area is 93.8 Å². The highest BCUT2D eigenvalue weighted by Crippen LogP contribution is 2.53. The zero-order valence-electron chi connectivity index (χ0n) is 8.46. The highest BCUT2D eigenvalue weighted by molar-refractivity contribution is 9.10. The molecule has 0 amide bonds. The van der Waals surface area contributed by atoms with E-state index in [0.717, 1.165) is 12.8 Å². The average Bonchev–Trinajstić information content (AvgIpc) is 2.79. The van der Waals surface area contributed by atoms with Gasteiger partial charge in [0.05, 0.1) is 0 Å². The fraction of sp³-hybridized carbons (Fsp3) is 0.500. The molecule has 1 aliphatic carbocycles. The van der Waals surface area contributed by atoms with E-state index in [9.17, 15) is 0 Å². The van der Waals surface area contributed by atoms with E-state index in [1.54, 1.807) is 0 Å². The van der Waals surface area contributed by atoms with Gasteiger partial charge in [-0.3, -0.25) is 0 Å². The molecule has 1 fully saturated rings. The van der Waals surface area contributed by atoms with Crippen LogP contribution in [0.3, 0.4) is 0 Å². The van der Waals surface area contributed by atoms with Gasteiger partial charge in [-0.05, 0) is 24.5 Å². The molecule has 0 aromatic heterocycles. The first-order valence-corrected chi connectivity index (χ1v) is 6.00. The SMILES string of the molecule is CCCC1(N)CC1c1ccccc1Br. The third-order valence-corrected chi connectivity index (χ3v) is 3.84. The molecule has 1 nitrogen and oxygen atoms in total. The maximum Gasteiger partial charge on any atom is 0.0231 e. The summed E-state index contributed by atoms with van der Waals surface area (Å²) in [6.07, 6.45) is 3.46. The standard InChI is InChI=1S/C12H16BrN/c1-2-7-12(14)8-10(12)9-5-3-4-6-11(9)13/h3-6,10H,2,7-8,14H2,1H3. The summed E-state index contributed by atoms with van der Waals surface area (Å²) in [5, 5.41) is 0. The van der Waals surface area contributed by atoms with Crippen molar-refractivity contribution in [3.63, 3.8) is 0 Å². The van der Waals surface area contributed by atoms with E-state index in [-0.39, 0.29) is 5.54 Å². The fourth-order valence-corrected chi connectivity index (χ4v) is 2.80. The van der Waals surface area contributed by atoms with Crippen LogP contribution >= 0.6 is 15.9 Å². The van der Waals surface area contributed by atoms with Crippen LogP contribution in [0.15, 0.2) is 28.7 Å². The Morgan fingerprint density at radius 2 is 2.21 bits per heavy atom.